The van der Waals surface area contributed by atoms with Crippen LogP contribution in [-0.2, 0) is 11.1 Å². The molecule has 2 aliphatic heterocycles. The van der Waals surface area contributed by atoms with E-state index in [4.69, 9.17) is 15.2 Å². The summed E-state index contributed by atoms with van der Waals surface area (Å²) in [6.45, 7) is 3.48. The first kappa shape index (κ1) is 18.5. The van der Waals surface area contributed by atoms with E-state index in [2.05, 4.69) is 11.0 Å². The Morgan fingerprint density at radius 3 is 2.35 bits per heavy atom. The maximum absolute atomic E-state index is 10.7. The fourth-order valence-electron chi connectivity index (χ4n) is 2.98. The van der Waals surface area contributed by atoms with E-state index in [-0.39, 0.29) is 4.90 Å². The second kappa shape index (κ2) is 8.91. The van der Waals surface area contributed by atoms with Crippen LogP contribution in [0.3, 0.4) is 0 Å². The number of hydrogen-bond acceptors (Lipinski definition) is 6. The van der Waals surface area contributed by atoms with Crippen LogP contribution in [0, 0.1) is 0 Å². The van der Waals surface area contributed by atoms with Crippen LogP contribution in [0.2, 0.25) is 0 Å². The van der Waals surface area contributed by atoms with E-state index in [0.29, 0.717) is 24.7 Å². The smallest absolute Gasteiger partial charge is 0.162 e. The third-order valence-electron chi connectivity index (χ3n) is 4.29. The monoisotopic (exact) mass is 375 g/mol. The molecule has 140 valence electrons. The summed E-state index contributed by atoms with van der Waals surface area (Å²) in [4.78, 5) is 2.57. The molecule has 0 aromatic heterocycles. The van der Waals surface area contributed by atoms with Crippen LogP contribution < -0.4 is 20.1 Å². The molecular weight excluding hydrogens is 352 g/mol. The standard InChI is InChI=1S/C10H14N2.C9H10O4S/c11-9-5-1-2-6-10(9)12-7-3-4-8-12;10-14(11)7-2-3-8-9(6-7)13-5-1-4-12-8/h1-2,5-6H,3-4,7-8,11H2;2-3,6H,1,4-5H2,(H,10,11)/p-1. The van der Waals surface area contributed by atoms with Gasteiger partial charge in [-0.05, 0) is 54.3 Å². The van der Waals surface area contributed by atoms with Gasteiger partial charge in [-0.1, -0.05) is 12.1 Å². The molecule has 26 heavy (non-hydrogen) atoms. The number of anilines is 2. The molecule has 1 fully saturated rings. The lowest BCUT2D eigenvalue weighted by Gasteiger charge is -2.19. The summed E-state index contributed by atoms with van der Waals surface area (Å²) in [7, 11) is 0. The fraction of sp³-hybridized carbons (Fsp3) is 0.368. The lowest BCUT2D eigenvalue weighted by Crippen LogP contribution is -2.18. The highest BCUT2D eigenvalue weighted by molar-refractivity contribution is 7.79. The highest BCUT2D eigenvalue weighted by atomic mass is 32.2. The van der Waals surface area contributed by atoms with Crippen LogP contribution >= 0.6 is 0 Å². The Hall–Kier alpha value is -2.25. The third kappa shape index (κ3) is 4.68. The highest BCUT2D eigenvalue weighted by Gasteiger charge is 2.13. The molecule has 0 bridgehead atoms. The first-order valence-electron chi connectivity index (χ1n) is 8.73. The average molecular weight is 375 g/mol. The zero-order valence-electron chi connectivity index (χ0n) is 14.6. The molecule has 0 amide bonds. The Bertz CT molecular complexity index is 763. The fourth-order valence-corrected chi connectivity index (χ4v) is 3.36. The number of fused-ring (bicyclic) bond motifs is 1. The maximum atomic E-state index is 10.7. The molecule has 0 radical (unpaired) electrons. The Balaban J connectivity index is 0.000000152. The summed E-state index contributed by atoms with van der Waals surface area (Å²) >= 11 is -2.22. The van der Waals surface area contributed by atoms with E-state index in [0.717, 1.165) is 25.2 Å². The third-order valence-corrected chi connectivity index (χ3v) is 4.93. The van der Waals surface area contributed by atoms with Crippen molar-refractivity contribution in [3.63, 3.8) is 0 Å². The van der Waals surface area contributed by atoms with Crippen molar-refractivity contribution in [3.8, 4) is 11.5 Å². The minimum Gasteiger partial charge on any atom is -0.768 e. The van der Waals surface area contributed by atoms with Crippen LogP contribution in [0.15, 0.2) is 47.4 Å². The molecule has 2 N–H and O–H groups in total. The minimum atomic E-state index is -2.22. The number of hydrogen-bond donors (Lipinski definition) is 1. The number of para-hydroxylation sites is 2. The lowest BCUT2D eigenvalue weighted by atomic mass is 10.2. The van der Waals surface area contributed by atoms with E-state index >= 15 is 0 Å². The summed E-state index contributed by atoms with van der Waals surface area (Å²) in [5.41, 5.74) is 7.96. The predicted molar refractivity (Wildman–Crippen MR) is 102 cm³/mol. The number of benzene rings is 2. The van der Waals surface area contributed by atoms with Crippen molar-refractivity contribution in [2.75, 3.05) is 36.9 Å². The SMILES string of the molecule is Nc1ccccc1N1CCCC1.O=S([O-])c1ccc2c(c1)OCCCO2. The van der Waals surface area contributed by atoms with Crippen LogP contribution in [0.4, 0.5) is 11.4 Å². The molecule has 6 nitrogen and oxygen atoms in total. The van der Waals surface area contributed by atoms with Crippen LogP contribution in [0.5, 0.6) is 11.5 Å². The van der Waals surface area contributed by atoms with Crippen LogP contribution in [0.25, 0.3) is 0 Å². The van der Waals surface area contributed by atoms with Crippen molar-refractivity contribution in [2.45, 2.75) is 24.2 Å². The highest BCUT2D eigenvalue weighted by Crippen LogP contribution is 2.31. The molecule has 0 saturated carbocycles. The van der Waals surface area contributed by atoms with Gasteiger partial charge < -0.3 is 24.7 Å². The van der Waals surface area contributed by atoms with Gasteiger partial charge in [-0.3, -0.25) is 4.21 Å². The topological polar surface area (TPSA) is 87.9 Å². The number of nitrogens with zero attached hydrogens (tertiary/aromatic N) is 1. The summed E-state index contributed by atoms with van der Waals surface area (Å²) < 4.78 is 32.1. The van der Waals surface area contributed by atoms with E-state index in [1.165, 1.54) is 30.7 Å². The van der Waals surface area contributed by atoms with Crippen LogP contribution in [0.1, 0.15) is 19.3 Å². The molecule has 1 saturated heterocycles. The number of ether oxygens (including phenoxy) is 2. The maximum Gasteiger partial charge on any atom is 0.162 e. The van der Waals surface area contributed by atoms with Crippen molar-refractivity contribution in [2.24, 2.45) is 0 Å². The molecule has 0 aliphatic carbocycles. The summed E-state index contributed by atoms with van der Waals surface area (Å²) in [6.07, 6.45) is 3.41. The van der Waals surface area contributed by atoms with E-state index in [1.54, 1.807) is 6.07 Å². The second-order valence-corrected chi connectivity index (χ2v) is 7.09. The second-order valence-electron chi connectivity index (χ2n) is 6.15. The van der Waals surface area contributed by atoms with Crippen molar-refractivity contribution in [1.82, 2.24) is 0 Å². The summed E-state index contributed by atoms with van der Waals surface area (Å²) in [5, 5.41) is 0. The molecule has 1 unspecified atom stereocenters. The van der Waals surface area contributed by atoms with Gasteiger partial charge in [0.1, 0.15) is 0 Å². The molecule has 1 atom stereocenters. The average Bonchev–Trinajstić information content (AvgIpc) is 3.07. The van der Waals surface area contributed by atoms with Gasteiger partial charge in [0.15, 0.2) is 11.5 Å². The number of rotatable bonds is 2. The normalized spacial score (nSPS) is 17.0. The van der Waals surface area contributed by atoms with Crippen LogP contribution in [-0.4, -0.2) is 35.1 Å². The van der Waals surface area contributed by atoms with Gasteiger partial charge in [-0.15, -0.1) is 0 Å². The van der Waals surface area contributed by atoms with Gasteiger partial charge in [0.25, 0.3) is 0 Å². The van der Waals surface area contributed by atoms with E-state index in [1.807, 2.05) is 18.2 Å². The minimum absolute atomic E-state index is 0.217. The molecule has 2 aliphatic rings. The molecule has 0 spiro atoms. The predicted octanol–water partition coefficient (Wildman–Crippen LogP) is 2.95. The zero-order valence-corrected chi connectivity index (χ0v) is 15.4. The molecular formula is C19H23N2O4S-. The largest absolute Gasteiger partial charge is 0.768 e. The molecule has 2 heterocycles. The van der Waals surface area contributed by atoms with E-state index < -0.39 is 11.1 Å². The van der Waals surface area contributed by atoms with Gasteiger partial charge >= 0.3 is 0 Å². The van der Waals surface area contributed by atoms with Crippen molar-refractivity contribution in [3.05, 3.63) is 42.5 Å². The van der Waals surface area contributed by atoms with Gasteiger partial charge in [-0.2, -0.15) is 0 Å². The van der Waals surface area contributed by atoms with Gasteiger partial charge in [-0.25, -0.2) is 0 Å². The molecule has 4 rings (SSSR count). The summed E-state index contributed by atoms with van der Waals surface area (Å²) in [5.74, 6) is 1.11. The van der Waals surface area contributed by atoms with Crippen molar-refractivity contribution < 1.29 is 18.2 Å². The van der Waals surface area contributed by atoms with Crippen molar-refractivity contribution in [1.29, 1.82) is 0 Å². The quantitative estimate of drug-likeness (QED) is 0.641. The summed E-state index contributed by atoms with van der Waals surface area (Å²) in [6, 6.07) is 12.7. The first-order chi connectivity index (χ1) is 12.6. The Morgan fingerprint density at radius 2 is 1.65 bits per heavy atom. The van der Waals surface area contributed by atoms with Crippen molar-refractivity contribution >= 4 is 22.5 Å². The Kier molecular flexibility index (Phi) is 6.35. The lowest BCUT2D eigenvalue weighted by molar-refractivity contribution is 0.297. The number of nitrogens with two attached hydrogens (primary N) is 1. The van der Waals surface area contributed by atoms with Gasteiger partial charge in [0.2, 0.25) is 0 Å². The first-order valence-corrected chi connectivity index (χ1v) is 9.81. The van der Waals surface area contributed by atoms with E-state index in [9.17, 15) is 8.76 Å². The molecule has 2 aromatic rings. The Labute approximate surface area is 156 Å². The van der Waals surface area contributed by atoms with Gasteiger partial charge in [0.05, 0.1) is 24.6 Å². The molecule has 2 aromatic carbocycles. The van der Waals surface area contributed by atoms with Gasteiger partial charge in [0, 0.05) is 24.4 Å². The zero-order chi connectivity index (χ0) is 18.4. The Morgan fingerprint density at radius 1 is 0.962 bits per heavy atom. The molecule has 7 heteroatoms. The number of nitrogen functional groups attached to an aromatic ring is 1.